The maximum atomic E-state index is 11.9. The number of rotatable bonds is 3. The fourth-order valence-electron chi connectivity index (χ4n) is 1.60. The van der Waals surface area contributed by atoms with Crippen LogP contribution >= 0.6 is 11.6 Å². The molecule has 0 saturated carbocycles. The van der Waals surface area contributed by atoms with Crippen LogP contribution in [0.4, 0.5) is 0 Å². The monoisotopic (exact) mass is 262 g/mol. The lowest BCUT2D eigenvalue weighted by Gasteiger charge is -2.08. The van der Waals surface area contributed by atoms with Crippen molar-refractivity contribution < 1.29 is 10.9 Å². The molecule has 0 saturated heterocycles. The quantitative estimate of drug-likeness (QED) is 0.794. The van der Waals surface area contributed by atoms with Crippen LogP contribution in [0, 0.1) is 0 Å². The van der Waals surface area contributed by atoms with Gasteiger partial charge in [0.25, 0.3) is 0 Å². The summed E-state index contributed by atoms with van der Waals surface area (Å²) < 4.78 is 12.5. The van der Waals surface area contributed by atoms with Crippen molar-refractivity contribution in [3.63, 3.8) is 0 Å². The first-order valence-electron chi connectivity index (χ1n) is 6.02. The number of halogens is 1. The largest absolute Gasteiger partial charge is 0.462 e. The van der Waals surface area contributed by atoms with Crippen LogP contribution in [0.15, 0.2) is 42.6 Å². The van der Waals surface area contributed by atoms with E-state index >= 15 is 0 Å². The second-order valence-corrected chi connectivity index (χ2v) is 3.95. The zero-order valence-corrected chi connectivity index (χ0v) is 10.6. The van der Waals surface area contributed by atoms with Crippen LogP contribution in [0.25, 0.3) is 11.3 Å². The van der Waals surface area contributed by atoms with E-state index in [4.69, 9.17) is 17.7 Å². The molecular weight excluding hydrogens is 250 g/mol. The Morgan fingerprint density at radius 1 is 1.50 bits per heavy atom. The number of pyridine rings is 1. The van der Waals surface area contributed by atoms with Gasteiger partial charge in [-0.2, -0.15) is 0 Å². The number of nitrogens with zero attached hydrogens (tertiary/aromatic N) is 1. The van der Waals surface area contributed by atoms with Crippen LogP contribution in [0.5, 0.6) is 0 Å². The molecular formula is C14H12ClNO2. The van der Waals surface area contributed by atoms with E-state index < -0.39 is 5.97 Å². The van der Waals surface area contributed by atoms with E-state index in [0.717, 1.165) is 0 Å². The van der Waals surface area contributed by atoms with Gasteiger partial charge in [-0.15, -0.1) is 0 Å². The molecule has 2 aromatic rings. The van der Waals surface area contributed by atoms with E-state index in [0.29, 0.717) is 28.5 Å². The molecule has 0 spiro atoms. The Bertz CT molecular complexity index is 616. The first kappa shape index (κ1) is 11.2. The maximum absolute atomic E-state index is 11.9. The minimum Gasteiger partial charge on any atom is -0.462 e. The number of hydrogen-bond acceptors (Lipinski definition) is 3. The molecule has 0 radical (unpaired) electrons. The average Bonchev–Trinajstić information content (AvgIpc) is 2.42. The lowest BCUT2D eigenvalue weighted by Crippen LogP contribution is -2.06. The molecule has 0 aliphatic heterocycles. The van der Waals surface area contributed by atoms with Crippen LogP contribution in [-0.2, 0) is 4.74 Å². The Labute approximate surface area is 112 Å². The summed E-state index contributed by atoms with van der Waals surface area (Å²) in [6, 6.07) is 8.74. The number of benzene rings is 1. The molecule has 18 heavy (non-hydrogen) atoms. The van der Waals surface area contributed by atoms with E-state index in [1.54, 1.807) is 31.2 Å². The van der Waals surface area contributed by atoms with Crippen molar-refractivity contribution in [3.05, 3.63) is 53.2 Å². The van der Waals surface area contributed by atoms with Gasteiger partial charge in [-0.05, 0) is 25.1 Å². The Balaban J connectivity index is 2.49. The smallest absolute Gasteiger partial charge is 0.338 e. The number of carbonyl (C=O) groups excluding carboxylic acids is 1. The summed E-state index contributed by atoms with van der Waals surface area (Å²) in [6.07, 6.45) is 1.36. The highest BCUT2D eigenvalue weighted by molar-refractivity contribution is 6.30. The number of aromatic nitrogens is 1. The summed E-state index contributed by atoms with van der Waals surface area (Å²) in [7, 11) is 0. The first-order chi connectivity index (χ1) is 9.13. The molecule has 4 heteroatoms. The zero-order valence-electron chi connectivity index (χ0n) is 10.8. The van der Waals surface area contributed by atoms with Gasteiger partial charge in [0.05, 0.1) is 19.2 Å². The van der Waals surface area contributed by atoms with Gasteiger partial charge >= 0.3 is 5.97 Å². The summed E-state index contributed by atoms with van der Waals surface area (Å²) in [6.45, 7) is 2.07. The van der Waals surface area contributed by atoms with E-state index in [-0.39, 0.29) is 6.04 Å². The molecule has 3 nitrogen and oxygen atoms in total. The van der Waals surface area contributed by atoms with Crippen LogP contribution in [-0.4, -0.2) is 17.6 Å². The Hall–Kier alpha value is -1.87. The van der Waals surface area contributed by atoms with Crippen LogP contribution in [0.1, 0.15) is 18.7 Å². The van der Waals surface area contributed by atoms with Crippen molar-refractivity contribution in [1.82, 2.24) is 4.98 Å². The van der Waals surface area contributed by atoms with Crippen molar-refractivity contribution in [2.24, 2.45) is 0 Å². The number of carbonyl (C=O) groups is 1. The van der Waals surface area contributed by atoms with Crippen LogP contribution in [0.3, 0.4) is 0 Å². The summed E-state index contributed by atoms with van der Waals surface area (Å²) in [5, 5.41) is 0.295. The van der Waals surface area contributed by atoms with Crippen molar-refractivity contribution in [1.29, 1.82) is 0 Å². The second-order valence-electron chi connectivity index (χ2n) is 3.55. The molecule has 0 amide bonds. The fraction of sp³-hybridized carbons (Fsp3) is 0.143. The Morgan fingerprint density at radius 2 is 2.28 bits per heavy atom. The van der Waals surface area contributed by atoms with Gasteiger partial charge < -0.3 is 4.74 Å². The van der Waals surface area contributed by atoms with E-state index in [1.807, 2.05) is 6.07 Å². The van der Waals surface area contributed by atoms with Crippen molar-refractivity contribution in [2.75, 3.05) is 6.61 Å². The number of hydrogen-bond donors (Lipinski definition) is 0. The van der Waals surface area contributed by atoms with E-state index in [1.165, 1.54) is 6.20 Å². The highest BCUT2D eigenvalue weighted by Crippen LogP contribution is 2.24. The minimum atomic E-state index is -0.397. The lowest BCUT2D eigenvalue weighted by molar-refractivity contribution is 0.0527. The fourth-order valence-corrected chi connectivity index (χ4v) is 1.76. The summed E-state index contributed by atoms with van der Waals surface area (Å²) in [5.74, 6) is -0.397. The topological polar surface area (TPSA) is 39.2 Å². The van der Waals surface area contributed by atoms with Gasteiger partial charge in [-0.1, -0.05) is 29.8 Å². The molecule has 2 rings (SSSR count). The predicted molar refractivity (Wildman–Crippen MR) is 70.6 cm³/mol. The van der Waals surface area contributed by atoms with Gasteiger partial charge in [0.15, 0.2) is 0 Å². The molecule has 0 bridgehead atoms. The molecule has 92 valence electrons. The molecule has 0 fully saturated rings. The van der Waals surface area contributed by atoms with Crippen molar-refractivity contribution in [3.8, 4) is 11.3 Å². The lowest BCUT2D eigenvalue weighted by atomic mass is 10.0. The van der Waals surface area contributed by atoms with Crippen molar-refractivity contribution >= 4 is 17.6 Å². The zero-order chi connectivity index (χ0) is 13.8. The second kappa shape index (κ2) is 5.65. The van der Waals surface area contributed by atoms with Gasteiger partial charge in [-0.3, -0.25) is 4.98 Å². The van der Waals surface area contributed by atoms with E-state index in [9.17, 15) is 4.79 Å². The molecule has 0 aliphatic carbocycles. The third-order valence-electron chi connectivity index (χ3n) is 2.37. The summed E-state index contributed by atoms with van der Waals surface area (Å²) in [5.41, 5.74) is 1.62. The highest BCUT2D eigenvalue weighted by Gasteiger charge is 2.13. The SMILES string of the molecule is [2H]c1cnc(-c2ccccc2C(=O)OCC)cc1Cl. The summed E-state index contributed by atoms with van der Waals surface area (Å²) in [4.78, 5) is 16.0. The van der Waals surface area contributed by atoms with Crippen LogP contribution < -0.4 is 0 Å². The third-order valence-corrected chi connectivity index (χ3v) is 2.59. The molecule has 0 N–H and O–H groups in total. The van der Waals surface area contributed by atoms with Gasteiger partial charge in [0, 0.05) is 16.8 Å². The first-order valence-corrected chi connectivity index (χ1v) is 5.90. The third kappa shape index (κ3) is 2.68. The van der Waals surface area contributed by atoms with Gasteiger partial charge in [0.2, 0.25) is 0 Å². The van der Waals surface area contributed by atoms with Crippen molar-refractivity contribution in [2.45, 2.75) is 6.92 Å². The Morgan fingerprint density at radius 3 is 3.00 bits per heavy atom. The highest BCUT2D eigenvalue weighted by atomic mass is 35.5. The molecule has 1 aromatic carbocycles. The summed E-state index contributed by atoms with van der Waals surface area (Å²) >= 11 is 5.91. The minimum absolute atomic E-state index is 0.152. The molecule has 0 atom stereocenters. The maximum Gasteiger partial charge on any atom is 0.338 e. The average molecular weight is 263 g/mol. The van der Waals surface area contributed by atoms with Crippen LogP contribution in [0.2, 0.25) is 5.02 Å². The molecule has 0 unspecified atom stereocenters. The van der Waals surface area contributed by atoms with Gasteiger partial charge in [-0.25, -0.2) is 4.79 Å². The number of esters is 1. The Kier molecular flexibility index (Phi) is 3.52. The van der Waals surface area contributed by atoms with Gasteiger partial charge in [0.1, 0.15) is 0 Å². The molecule has 0 aliphatic rings. The standard InChI is InChI=1S/C14H12ClNO2/c1-2-18-14(17)12-6-4-3-5-11(12)13-9-10(15)7-8-16-13/h3-9H,2H2,1H3/i7D. The predicted octanol–water partition coefficient (Wildman–Crippen LogP) is 3.58. The molecule has 1 aromatic heterocycles. The van der Waals surface area contributed by atoms with E-state index in [2.05, 4.69) is 4.98 Å². The normalized spacial score (nSPS) is 10.9. The molecule has 1 heterocycles. The number of ether oxygens (including phenoxy) is 1.